The highest BCUT2D eigenvalue weighted by Crippen LogP contribution is 2.21. The molecule has 0 aliphatic carbocycles. The van der Waals surface area contributed by atoms with E-state index in [1.165, 1.54) is 17.0 Å². The molecule has 0 aliphatic heterocycles. The van der Waals surface area contributed by atoms with Crippen LogP contribution in [0.15, 0.2) is 49.2 Å². The van der Waals surface area contributed by atoms with Gasteiger partial charge in [0.15, 0.2) is 5.65 Å². The molecule has 4 rings (SSSR count). The summed E-state index contributed by atoms with van der Waals surface area (Å²) in [7, 11) is 1.73. The number of aryl methyl sites for hydroxylation is 2. The molecule has 132 valence electrons. The van der Waals surface area contributed by atoms with Crippen molar-refractivity contribution in [3.05, 3.63) is 67.1 Å². The van der Waals surface area contributed by atoms with Crippen molar-refractivity contribution in [3.63, 3.8) is 0 Å². The van der Waals surface area contributed by atoms with Crippen molar-refractivity contribution in [2.45, 2.75) is 19.9 Å². The summed E-state index contributed by atoms with van der Waals surface area (Å²) in [6.45, 7) is 2.26. The predicted molar refractivity (Wildman–Crippen MR) is 101 cm³/mol. The molecule has 3 aromatic heterocycles. The lowest BCUT2D eigenvalue weighted by atomic mass is 10.1. The van der Waals surface area contributed by atoms with Gasteiger partial charge in [0.2, 0.25) is 0 Å². The van der Waals surface area contributed by atoms with Crippen LogP contribution in [-0.2, 0) is 20.0 Å². The highest BCUT2D eigenvalue weighted by molar-refractivity contribution is 9.10. The largest absolute Gasteiger partial charge is 0.423 e. The molecule has 8 heteroatoms. The molecular weight excluding hydrogens is 400 g/mol. The maximum absolute atomic E-state index is 12.8. The number of halogens is 1. The summed E-state index contributed by atoms with van der Waals surface area (Å²) < 4.78 is 8.79. The maximum Gasteiger partial charge on any atom is 0.336 e. The van der Waals surface area contributed by atoms with Crippen LogP contribution in [0.5, 0.6) is 0 Å². The van der Waals surface area contributed by atoms with Gasteiger partial charge in [0.25, 0.3) is 5.56 Å². The highest BCUT2D eigenvalue weighted by Gasteiger charge is 2.15. The second kappa shape index (κ2) is 6.21. The molecule has 0 aliphatic rings. The third-order valence-corrected chi connectivity index (χ3v) is 4.97. The Balaban J connectivity index is 1.89. The van der Waals surface area contributed by atoms with Gasteiger partial charge in [-0.25, -0.2) is 14.5 Å². The van der Waals surface area contributed by atoms with Crippen molar-refractivity contribution in [2.24, 2.45) is 7.05 Å². The third-order valence-electron chi connectivity index (χ3n) is 4.41. The first-order valence-electron chi connectivity index (χ1n) is 8.11. The Kier molecular flexibility index (Phi) is 3.99. The van der Waals surface area contributed by atoms with Gasteiger partial charge in [-0.3, -0.25) is 9.36 Å². The van der Waals surface area contributed by atoms with E-state index in [2.05, 4.69) is 26.0 Å². The van der Waals surface area contributed by atoms with Crippen molar-refractivity contribution >= 4 is 37.9 Å². The normalized spacial score (nSPS) is 11.5. The summed E-state index contributed by atoms with van der Waals surface area (Å²) >= 11 is 3.31. The number of benzene rings is 1. The lowest BCUT2D eigenvalue weighted by Gasteiger charge is -2.09. The average molecular weight is 415 g/mol. The van der Waals surface area contributed by atoms with Crippen LogP contribution in [0.4, 0.5) is 0 Å². The molecule has 0 bridgehead atoms. The molecule has 3 heterocycles. The SMILES string of the molecule is CCc1ccc2c(Cn3cnc4c(c(Br)nn4C)c3=O)cc(=O)oc2c1. The molecule has 4 aromatic rings. The minimum atomic E-state index is -0.439. The van der Waals surface area contributed by atoms with E-state index in [1.54, 1.807) is 11.7 Å². The number of aromatic nitrogens is 4. The van der Waals surface area contributed by atoms with E-state index < -0.39 is 5.63 Å². The van der Waals surface area contributed by atoms with E-state index in [9.17, 15) is 9.59 Å². The second-order valence-electron chi connectivity index (χ2n) is 6.07. The van der Waals surface area contributed by atoms with Crippen molar-refractivity contribution in [1.82, 2.24) is 19.3 Å². The molecule has 0 fully saturated rings. The minimum Gasteiger partial charge on any atom is -0.423 e. The van der Waals surface area contributed by atoms with Gasteiger partial charge in [-0.2, -0.15) is 5.10 Å². The Hall–Kier alpha value is -2.74. The van der Waals surface area contributed by atoms with Crippen LogP contribution < -0.4 is 11.2 Å². The van der Waals surface area contributed by atoms with Crippen LogP contribution in [0, 0.1) is 0 Å². The summed E-state index contributed by atoms with van der Waals surface area (Å²) in [6, 6.07) is 7.20. The van der Waals surface area contributed by atoms with Gasteiger partial charge >= 0.3 is 5.63 Å². The maximum atomic E-state index is 12.8. The number of nitrogens with zero attached hydrogens (tertiary/aromatic N) is 4. The Morgan fingerprint density at radius 2 is 2.04 bits per heavy atom. The average Bonchev–Trinajstić information content (AvgIpc) is 2.91. The van der Waals surface area contributed by atoms with Gasteiger partial charge in [0.05, 0.1) is 6.54 Å². The highest BCUT2D eigenvalue weighted by atomic mass is 79.9. The smallest absolute Gasteiger partial charge is 0.336 e. The van der Waals surface area contributed by atoms with Crippen molar-refractivity contribution in [2.75, 3.05) is 0 Å². The predicted octanol–water partition coefficient (Wildman–Crippen LogP) is 2.61. The van der Waals surface area contributed by atoms with E-state index in [4.69, 9.17) is 4.42 Å². The van der Waals surface area contributed by atoms with Gasteiger partial charge < -0.3 is 4.42 Å². The van der Waals surface area contributed by atoms with Gasteiger partial charge in [0, 0.05) is 18.5 Å². The third kappa shape index (κ3) is 2.66. The molecule has 0 amide bonds. The van der Waals surface area contributed by atoms with Gasteiger partial charge in [-0.15, -0.1) is 0 Å². The van der Waals surface area contributed by atoms with E-state index >= 15 is 0 Å². The fourth-order valence-electron chi connectivity index (χ4n) is 3.06. The van der Waals surface area contributed by atoms with Crippen LogP contribution in [0.3, 0.4) is 0 Å². The topological polar surface area (TPSA) is 82.9 Å². The first kappa shape index (κ1) is 16.7. The zero-order valence-electron chi connectivity index (χ0n) is 14.2. The zero-order valence-corrected chi connectivity index (χ0v) is 15.8. The number of fused-ring (bicyclic) bond motifs is 2. The number of hydrogen-bond acceptors (Lipinski definition) is 5. The Morgan fingerprint density at radius 3 is 2.81 bits per heavy atom. The fourth-order valence-corrected chi connectivity index (χ4v) is 3.64. The van der Waals surface area contributed by atoms with Gasteiger partial charge in [0.1, 0.15) is 21.9 Å². The zero-order chi connectivity index (χ0) is 18.4. The molecule has 7 nitrogen and oxygen atoms in total. The van der Waals surface area contributed by atoms with Crippen LogP contribution in [0.2, 0.25) is 0 Å². The molecular formula is C18H15BrN4O3. The van der Waals surface area contributed by atoms with Crippen molar-refractivity contribution < 1.29 is 4.42 Å². The summed E-state index contributed by atoms with van der Waals surface area (Å²) in [4.78, 5) is 29.1. The van der Waals surface area contributed by atoms with Gasteiger partial charge in [-0.1, -0.05) is 19.1 Å². The molecule has 0 radical (unpaired) electrons. The molecule has 0 atom stereocenters. The lowest BCUT2D eigenvalue weighted by molar-refractivity contribution is 0.557. The number of rotatable bonds is 3. The summed E-state index contributed by atoms with van der Waals surface area (Å²) in [5.41, 5.74) is 2.16. The molecule has 0 saturated carbocycles. The van der Waals surface area contributed by atoms with E-state index in [0.29, 0.717) is 26.8 Å². The molecule has 0 N–H and O–H groups in total. The first-order valence-corrected chi connectivity index (χ1v) is 8.90. The second-order valence-corrected chi connectivity index (χ2v) is 6.82. The van der Waals surface area contributed by atoms with Crippen LogP contribution >= 0.6 is 15.9 Å². The monoisotopic (exact) mass is 414 g/mol. The van der Waals surface area contributed by atoms with Crippen LogP contribution in [0.25, 0.3) is 22.0 Å². The molecule has 0 spiro atoms. The molecule has 0 saturated heterocycles. The lowest BCUT2D eigenvalue weighted by Crippen LogP contribution is -2.22. The van der Waals surface area contributed by atoms with Crippen LogP contribution in [0.1, 0.15) is 18.1 Å². The molecule has 0 unspecified atom stereocenters. The Labute approximate surface area is 156 Å². The summed E-state index contributed by atoms with van der Waals surface area (Å²) in [5.74, 6) is 0. The quantitative estimate of drug-likeness (QED) is 0.481. The van der Waals surface area contributed by atoms with Crippen LogP contribution in [-0.4, -0.2) is 19.3 Å². The minimum absolute atomic E-state index is 0.219. The van der Waals surface area contributed by atoms with Gasteiger partial charge in [-0.05, 0) is 39.5 Å². The molecule has 26 heavy (non-hydrogen) atoms. The first-order chi connectivity index (χ1) is 12.5. The Morgan fingerprint density at radius 1 is 1.23 bits per heavy atom. The molecule has 1 aromatic carbocycles. The van der Waals surface area contributed by atoms with E-state index in [0.717, 1.165) is 17.4 Å². The summed E-state index contributed by atoms with van der Waals surface area (Å²) in [6.07, 6.45) is 2.32. The van der Waals surface area contributed by atoms with E-state index in [1.807, 2.05) is 25.1 Å². The van der Waals surface area contributed by atoms with Crippen molar-refractivity contribution in [1.29, 1.82) is 0 Å². The van der Waals surface area contributed by atoms with E-state index in [-0.39, 0.29) is 12.1 Å². The Bertz CT molecular complexity index is 1270. The standard InChI is InChI=1S/C18H15BrN4O3/c1-3-10-4-5-12-11(7-14(24)26-13(12)6-10)8-23-9-20-17-15(18(23)25)16(19)21-22(17)2/h4-7,9H,3,8H2,1-2H3. The number of hydrogen-bond donors (Lipinski definition) is 0. The van der Waals surface area contributed by atoms with Crippen molar-refractivity contribution in [3.8, 4) is 0 Å². The summed E-state index contributed by atoms with van der Waals surface area (Å²) in [5, 5.41) is 5.39. The fraction of sp³-hybridized carbons (Fsp3) is 0.222.